The molecular formula is C28H41N2OZn-. The van der Waals surface area contributed by atoms with Crippen molar-refractivity contribution in [3.05, 3.63) is 75.7 Å². The summed E-state index contributed by atoms with van der Waals surface area (Å²) in [5.74, 6) is 0. The molecule has 0 spiro atoms. The third-order valence-corrected chi connectivity index (χ3v) is 4.92. The van der Waals surface area contributed by atoms with Crippen LogP contribution in [0.15, 0.2) is 53.2 Å². The predicted molar refractivity (Wildman–Crippen MR) is 137 cm³/mol. The molecule has 2 aromatic rings. The van der Waals surface area contributed by atoms with E-state index in [0.29, 0.717) is 0 Å². The standard InChI is InChI=1S/C25H33N2.C3H8O.Zn/c1-7-20-13-11-14-21(8-2)24(20)26-18(5)17-19(6)27-25-22(9-3)15-12-16-23(25)10-4;1-3(2)4;/h11-17H,7-10H2,1-6H3;3-4H,1-2H3;/q-1;;/b18-17-,27-19?;;. The molecule has 3 nitrogen and oxygen atoms in total. The van der Waals surface area contributed by atoms with Gasteiger partial charge < -0.3 is 10.4 Å². The van der Waals surface area contributed by atoms with Crippen molar-refractivity contribution in [3.63, 3.8) is 0 Å². The number of aliphatic hydroxyl groups is 1. The summed E-state index contributed by atoms with van der Waals surface area (Å²) in [5, 5.41) is 13.0. The Hall–Kier alpha value is -1.77. The maximum absolute atomic E-state index is 8.06. The molecule has 0 aromatic heterocycles. The molecule has 2 aromatic carbocycles. The number of aryl methyl sites for hydroxylation is 4. The van der Waals surface area contributed by atoms with Crippen LogP contribution < -0.4 is 0 Å². The fourth-order valence-corrected chi connectivity index (χ4v) is 3.44. The Morgan fingerprint density at radius 2 is 1.22 bits per heavy atom. The summed E-state index contributed by atoms with van der Waals surface area (Å²) in [7, 11) is 0. The van der Waals surface area contributed by atoms with E-state index in [-0.39, 0.29) is 25.6 Å². The summed E-state index contributed by atoms with van der Waals surface area (Å²) < 4.78 is 0. The Morgan fingerprint density at radius 1 is 0.844 bits per heavy atom. The first kappa shape index (κ1) is 30.2. The summed E-state index contributed by atoms with van der Waals surface area (Å²) in [5.41, 5.74) is 9.49. The van der Waals surface area contributed by atoms with Crippen LogP contribution >= 0.6 is 0 Å². The molecule has 0 amide bonds. The van der Waals surface area contributed by atoms with E-state index >= 15 is 0 Å². The third kappa shape index (κ3) is 9.80. The first-order valence-electron chi connectivity index (χ1n) is 11.6. The monoisotopic (exact) mass is 485 g/mol. The summed E-state index contributed by atoms with van der Waals surface area (Å²) in [6, 6.07) is 13.0. The molecule has 4 heteroatoms. The van der Waals surface area contributed by atoms with E-state index in [1.807, 2.05) is 0 Å². The number of hydrogen-bond acceptors (Lipinski definition) is 2. The van der Waals surface area contributed by atoms with Crippen molar-refractivity contribution in [3.8, 4) is 0 Å². The number of aliphatic hydroxyl groups excluding tert-OH is 1. The van der Waals surface area contributed by atoms with E-state index in [2.05, 4.69) is 84.0 Å². The van der Waals surface area contributed by atoms with Crippen LogP contribution in [0.25, 0.3) is 5.32 Å². The van der Waals surface area contributed by atoms with Gasteiger partial charge in [0.2, 0.25) is 0 Å². The number of rotatable bonds is 8. The molecule has 0 heterocycles. The van der Waals surface area contributed by atoms with Crippen molar-refractivity contribution in [2.75, 3.05) is 0 Å². The van der Waals surface area contributed by atoms with E-state index in [1.54, 1.807) is 13.8 Å². The predicted octanol–water partition coefficient (Wildman–Crippen LogP) is 8.02. The first-order valence-corrected chi connectivity index (χ1v) is 11.6. The minimum absolute atomic E-state index is 0. The van der Waals surface area contributed by atoms with Gasteiger partial charge >= 0.3 is 0 Å². The summed E-state index contributed by atoms with van der Waals surface area (Å²) >= 11 is 0. The van der Waals surface area contributed by atoms with Crippen LogP contribution in [0.1, 0.15) is 77.6 Å². The van der Waals surface area contributed by atoms with Gasteiger partial charge in [0.05, 0.1) is 5.69 Å². The van der Waals surface area contributed by atoms with E-state index in [1.165, 1.54) is 22.3 Å². The van der Waals surface area contributed by atoms with Gasteiger partial charge in [0.15, 0.2) is 0 Å². The minimum atomic E-state index is -0.167. The van der Waals surface area contributed by atoms with Gasteiger partial charge in [-0.05, 0) is 57.6 Å². The van der Waals surface area contributed by atoms with Crippen molar-refractivity contribution < 1.29 is 24.6 Å². The molecule has 0 radical (unpaired) electrons. The van der Waals surface area contributed by atoms with Gasteiger partial charge in [-0.25, -0.2) is 0 Å². The number of para-hydroxylation sites is 2. The maximum Gasteiger partial charge on any atom is 0.0696 e. The van der Waals surface area contributed by atoms with Crippen LogP contribution in [0.5, 0.6) is 0 Å². The molecule has 0 saturated carbocycles. The van der Waals surface area contributed by atoms with Crippen molar-refractivity contribution in [2.45, 2.75) is 87.2 Å². The van der Waals surface area contributed by atoms with E-state index in [4.69, 9.17) is 15.4 Å². The molecule has 0 aliphatic rings. The molecule has 0 saturated heterocycles. The molecule has 2 rings (SSSR count). The van der Waals surface area contributed by atoms with Crippen LogP contribution in [0.3, 0.4) is 0 Å². The maximum atomic E-state index is 8.06. The van der Waals surface area contributed by atoms with Gasteiger partial charge in [0.25, 0.3) is 0 Å². The second-order valence-electron chi connectivity index (χ2n) is 8.01. The fraction of sp³-hybridized carbons (Fsp3) is 0.464. The van der Waals surface area contributed by atoms with Crippen molar-refractivity contribution >= 4 is 17.1 Å². The third-order valence-electron chi connectivity index (χ3n) is 4.92. The Labute approximate surface area is 209 Å². The van der Waals surface area contributed by atoms with Crippen LogP contribution in [0.4, 0.5) is 11.4 Å². The number of allylic oxidation sites excluding steroid dienone is 2. The minimum Gasteiger partial charge on any atom is -0.661 e. The molecule has 0 atom stereocenters. The largest absolute Gasteiger partial charge is 0.661 e. The first-order chi connectivity index (χ1) is 14.8. The SMILES string of the molecule is CC(C)O.CCc1cccc(CC)c1N=C(C)/C=C(/C)[N-]c1c(CC)cccc1CC.[Zn]. The zero-order valence-electron chi connectivity index (χ0n) is 21.5. The molecule has 1 N–H and O–H groups in total. The Kier molecular flexibility index (Phi) is 15.1. The normalized spacial score (nSPS) is 11.6. The van der Waals surface area contributed by atoms with Gasteiger partial charge in [-0.15, -0.1) is 5.69 Å². The number of nitrogens with zero attached hydrogens (tertiary/aromatic N) is 2. The van der Waals surface area contributed by atoms with Crippen LogP contribution in [-0.2, 0) is 45.2 Å². The molecule has 0 aliphatic heterocycles. The van der Waals surface area contributed by atoms with Gasteiger partial charge in [0, 0.05) is 31.3 Å². The van der Waals surface area contributed by atoms with E-state index < -0.39 is 0 Å². The van der Waals surface area contributed by atoms with Crippen LogP contribution in [-0.4, -0.2) is 16.9 Å². The van der Waals surface area contributed by atoms with Crippen molar-refractivity contribution in [2.24, 2.45) is 4.99 Å². The van der Waals surface area contributed by atoms with Gasteiger partial charge in [-0.1, -0.05) is 88.2 Å². The van der Waals surface area contributed by atoms with E-state index in [9.17, 15) is 0 Å². The molecule has 32 heavy (non-hydrogen) atoms. The summed E-state index contributed by atoms with van der Waals surface area (Å²) in [4.78, 5) is 4.95. The molecule has 0 unspecified atom stereocenters. The van der Waals surface area contributed by atoms with Gasteiger partial charge in [-0.3, -0.25) is 4.99 Å². The van der Waals surface area contributed by atoms with Crippen LogP contribution in [0, 0.1) is 0 Å². The van der Waals surface area contributed by atoms with Crippen molar-refractivity contribution in [1.82, 2.24) is 0 Å². The number of hydrogen-bond donors (Lipinski definition) is 1. The van der Waals surface area contributed by atoms with E-state index in [0.717, 1.165) is 48.5 Å². The zero-order chi connectivity index (χ0) is 23.4. The average molecular weight is 487 g/mol. The molecule has 0 fully saturated rings. The summed E-state index contributed by atoms with van der Waals surface area (Å²) in [6.07, 6.45) is 5.92. The molecule has 172 valence electrons. The summed E-state index contributed by atoms with van der Waals surface area (Å²) in [6.45, 7) is 16.3. The molecular weight excluding hydrogens is 446 g/mol. The Morgan fingerprint density at radius 3 is 1.59 bits per heavy atom. The zero-order valence-corrected chi connectivity index (χ0v) is 24.5. The van der Waals surface area contributed by atoms with Crippen molar-refractivity contribution in [1.29, 1.82) is 0 Å². The van der Waals surface area contributed by atoms with Crippen LogP contribution in [0.2, 0.25) is 0 Å². The average Bonchev–Trinajstić information content (AvgIpc) is 2.73. The van der Waals surface area contributed by atoms with Gasteiger partial charge in [0.1, 0.15) is 0 Å². The fourth-order valence-electron chi connectivity index (χ4n) is 3.44. The quantitative estimate of drug-likeness (QED) is 0.298. The molecule has 0 aliphatic carbocycles. The topological polar surface area (TPSA) is 46.7 Å². The molecule has 0 bridgehead atoms. The second-order valence-corrected chi connectivity index (χ2v) is 8.01. The smallest absolute Gasteiger partial charge is 0.0696 e. The Balaban J connectivity index is 0.00000177. The number of aliphatic imine (C=N–C) groups is 1. The number of benzene rings is 2. The van der Waals surface area contributed by atoms with Gasteiger partial charge in [-0.2, -0.15) is 5.70 Å². The Bertz CT molecular complexity index is 838. The second kappa shape index (κ2) is 15.9.